The van der Waals surface area contributed by atoms with Crippen molar-refractivity contribution in [2.45, 2.75) is 30.7 Å². The molecule has 1 aliphatic heterocycles. The maximum absolute atomic E-state index is 12.1. The highest BCUT2D eigenvalue weighted by molar-refractivity contribution is 7.80. The molecule has 0 aromatic heterocycles. The van der Waals surface area contributed by atoms with Crippen molar-refractivity contribution >= 4 is 18.5 Å². The van der Waals surface area contributed by atoms with Crippen molar-refractivity contribution in [1.29, 1.82) is 0 Å². The minimum Gasteiger partial charge on any atom is -0.336 e. The third kappa shape index (κ3) is 2.17. The van der Waals surface area contributed by atoms with Crippen LogP contribution in [0.15, 0.2) is 29.2 Å². The SMILES string of the molecule is CC1CCCN1C(=O)c1ccc(S)cc1. The Hall–Kier alpha value is -0.960. The Morgan fingerprint density at radius 3 is 2.60 bits per heavy atom. The largest absolute Gasteiger partial charge is 0.336 e. The number of benzene rings is 1. The van der Waals surface area contributed by atoms with E-state index in [0.717, 1.165) is 29.8 Å². The molecule has 15 heavy (non-hydrogen) atoms. The van der Waals surface area contributed by atoms with Crippen molar-refractivity contribution in [3.05, 3.63) is 29.8 Å². The van der Waals surface area contributed by atoms with Crippen molar-refractivity contribution in [2.24, 2.45) is 0 Å². The summed E-state index contributed by atoms with van der Waals surface area (Å²) >= 11 is 4.20. The van der Waals surface area contributed by atoms with Gasteiger partial charge in [-0.2, -0.15) is 0 Å². The van der Waals surface area contributed by atoms with Crippen molar-refractivity contribution < 1.29 is 4.79 Å². The summed E-state index contributed by atoms with van der Waals surface area (Å²) in [5.74, 6) is 0.147. The summed E-state index contributed by atoms with van der Waals surface area (Å²) in [6.45, 7) is 3.00. The molecule has 1 amide bonds. The van der Waals surface area contributed by atoms with E-state index in [1.54, 1.807) is 0 Å². The van der Waals surface area contributed by atoms with Gasteiger partial charge in [0.1, 0.15) is 0 Å². The standard InChI is InChI=1S/C12H15NOS/c1-9-3-2-8-13(9)12(14)10-4-6-11(15)7-5-10/h4-7,9,15H,2-3,8H2,1H3. The number of hydrogen-bond donors (Lipinski definition) is 1. The molecular weight excluding hydrogens is 206 g/mol. The van der Waals surface area contributed by atoms with Gasteiger partial charge in [-0.1, -0.05) is 0 Å². The van der Waals surface area contributed by atoms with Gasteiger partial charge in [0.2, 0.25) is 0 Å². The summed E-state index contributed by atoms with van der Waals surface area (Å²) in [6, 6.07) is 7.78. The van der Waals surface area contributed by atoms with Crippen LogP contribution in [-0.4, -0.2) is 23.4 Å². The van der Waals surface area contributed by atoms with Gasteiger partial charge in [-0.25, -0.2) is 0 Å². The quantitative estimate of drug-likeness (QED) is 0.723. The van der Waals surface area contributed by atoms with E-state index < -0.39 is 0 Å². The van der Waals surface area contributed by atoms with Gasteiger partial charge in [0.15, 0.2) is 0 Å². The van der Waals surface area contributed by atoms with Gasteiger partial charge in [0.05, 0.1) is 0 Å². The molecule has 0 bridgehead atoms. The zero-order chi connectivity index (χ0) is 10.8. The molecule has 1 heterocycles. The Morgan fingerprint density at radius 1 is 1.40 bits per heavy atom. The molecule has 1 atom stereocenters. The molecule has 0 saturated carbocycles. The van der Waals surface area contributed by atoms with Gasteiger partial charge in [-0.3, -0.25) is 4.79 Å². The monoisotopic (exact) mass is 221 g/mol. The predicted octanol–water partition coefficient (Wildman–Crippen LogP) is 2.60. The predicted molar refractivity (Wildman–Crippen MR) is 63.4 cm³/mol. The second-order valence-corrected chi connectivity index (χ2v) is 4.55. The number of rotatable bonds is 1. The van der Waals surface area contributed by atoms with E-state index in [0.29, 0.717) is 6.04 Å². The zero-order valence-electron chi connectivity index (χ0n) is 8.81. The number of nitrogens with zero attached hydrogens (tertiary/aromatic N) is 1. The van der Waals surface area contributed by atoms with Crippen molar-refractivity contribution in [3.8, 4) is 0 Å². The van der Waals surface area contributed by atoms with Crippen LogP contribution in [-0.2, 0) is 0 Å². The second kappa shape index (κ2) is 4.27. The smallest absolute Gasteiger partial charge is 0.254 e. The first-order valence-corrected chi connectivity index (χ1v) is 5.73. The fourth-order valence-corrected chi connectivity index (χ4v) is 2.15. The minimum atomic E-state index is 0.147. The molecule has 0 spiro atoms. The van der Waals surface area contributed by atoms with Crippen LogP contribution in [0.4, 0.5) is 0 Å². The highest BCUT2D eigenvalue weighted by atomic mass is 32.1. The van der Waals surface area contributed by atoms with Crippen LogP contribution < -0.4 is 0 Å². The third-order valence-electron chi connectivity index (χ3n) is 2.93. The maximum atomic E-state index is 12.1. The molecule has 0 N–H and O–H groups in total. The molecule has 1 saturated heterocycles. The Morgan fingerprint density at radius 2 is 2.07 bits per heavy atom. The fraction of sp³-hybridized carbons (Fsp3) is 0.417. The molecule has 1 aromatic carbocycles. The van der Waals surface area contributed by atoms with Crippen LogP contribution in [0.1, 0.15) is 30.1 Å². The number of amides is 1. The molecule has 2 rings (SSSR count). The normalized spacial score (nSPS) is 20.7. The van der Waals surface area contributed by atoms with Crippen molar-refractivity contribution in [2.75, 3.05) is 6.54 Å². The van der Waals surface area contributed by atoms with Crippen LogP contribution in [0.25, 0.3) is 0 Å². The number of hydrogen-bond acceptors (Lipinski definition) is 2. The molecule has 0 aliphatic carbocycles. The average Bonchev–Trinajstić information content (AvgIpc) is 2.65. The van der Waals surface area contributed by atoms with Gasteiger partial charge >= 0.3 is 0 Å². The van der Waals surface area contributed by atoms with Crippen LogP contribution in [0.5, 0.6) is 0 Å². The number of likely N-dealkylation sites (tertiary alicyclic amines) is 1. The summed E-state index contributed by atoms with van der Waals surface area (Å²) in [7, 11) is 0. The van der Waals surface area contributed by atoms with Gasteiger partial charge < -0.3 is 4.90 Å². The lowest BCUT2D eigenvalue weighted by Crippen LogP contribution is -2.33. The van der Waals surface area contributed by atoms with Crippen molar-refractivity contribution in [1.82, 2.24) is 4.90 Å². The van der Waals surface area contributed by atoms with E-state index in [9.17, 15) is 4.79 Å². The molecule has 80 valence electrons. The van der Waals surface area contributed by atoms with Gasteiger partial charge in [0.25, 0.3) is 5.91 Å². The minimum absolute atomic E-state index is 0.147. The number of thiol groups is 1. The summed E-state index contributed by atoms with van der Waals surface area (Å²) < 4.78 is 0. The van der Waals surface area contributed by atoms with Crippen LogP contribution in [0, 0.1) is 0 Å². The molecule has 1 unspecified atom stereocenters. The maximum Gasteiger partial charge on any atom is 0.254 e. The molecule has 1 fully saturated rings. The van der Waals surface area contributed by atoms with E-state index in [2.05, 4.69) is 19.6 Å². The highest BCUT2D eigenvalue weighted by Crippen LogP contribution is 2.19. The summed E-state index contributed by atoms with van der Waals surface area (Å²) in [5.41, 5.74) is 0.765. The zero-order valence-corrected chi connectivity index (χ0v) is 9.71. The third-order valence-corrected chi connectivity index (χ3v) is 3.23. The molecule has 1 aromatic rings. The first kappa shape index (κ1) is 10.6. The first-order chi connectivity index (χ1) is 7.18. The van der Waals surface area contributed by atoms with Gasteiger partial charge in [0, 0.05) is 23.0 Å². The Bertz CT molecular complexity index is 360. The van der Waals surface area contributed by atoms with E-state index in [4.69, 9.17) is 0 Å². The van der Waals surface area contributed by atoms with Crippen LogP contribution in [0.3, 0.4) is 0 Å². The summed E-state index contributed by atoms with van der Waals surface area (Å²) in [5, 5.41) is 0. The lowest BCUT2D eigenvalue weighted by Gasteiger charge is -2.21. The van der Waals surface area contributed by atoms with Gasteiger partial charge in [-0.15, -0.1) is 12.6 Å². The number of carbonyl (C=O) groups is 1. The Balaban J connectivity index is 2.17. The Labute approximate surface area is 95.7 Å². The molecule has 0 radical (unpaired) electrons. The molecule has 1 aliphatic rings. The van der Waals surface area contributed by atoms with Crippen molar-refractivity contribution in [3.63, 3.8) is 0 Å². The van der Waals surface area contributed by atoms with E-state index >= 15 is 0 Å². The summed E-state index contributed by atoms with van der Waals surface area (Å²) in [4.78, 5) is 14.9. The topological polar surface area (TPSA) is 20.3 Å². The van der Waals surface area contributed by atoms with E-state index in [1.807, 2.05) is 29.2 Å². The average molecular weight is 221 g/mol. The number of carbonyl (C=O) groups excluding carboxylic acids is 1. The Kier molecular flexibility index (Phi) is 3.00. The summed E-state index contributed by atoms with van der Waals surface area (Å²) in [6.07, 6.45) is 2.24. The van der Waals surface area contributed by atoms with Crippen LogP contribution in [0.2, 0.25) is 0 Å². The van der Waals surface area contributed by atoms with E-state index in [-0.39, 0.29) is 5.91 Å². The molecule has 3 heteroatoms. The van der Waals surface area contributed by atoms with Gasteiger partial charge in [-0.05, 0) is 44.0 Å². The van der Waals surface area contributed by atoms with E-state index in [1.165, 1.54) is 0 Å². The first-order valence-electron chi connectivity index (χ1n) is 5.28. The molecular formula is C12H15NOS. The lowest BCUT2D eigenvalue weighted by atomic mass is 10.2. The lowest BCUT2D eigenvalue weighted by molar-refractivity contribution is 0.0747. The molecule has 2 nitrogen and oxygen atoms in total. The fourth-order valence-electron chi connectivity index (χ4n) is 2.00. The van der Waals surface area contributed by atoms with Crippen LogP contribution >= 0.6 is 12.6 Å². The second-order valence-electron chi connectivity index (χ2n) is 4.04. The highest BCUT2D eigenvalue weighted by Gasteiger charge is 2.25.